The fourth-order valence-corrected chi connectivity index (χ4v) is 2.00. The normalized spacial score (nSPS) is 10.2. The summed E-state index contributed by atoms with van der Waals surface area (Å²) in [5.74, 6) is -0.649. The molecule has 2 rings (SSSR count). The second-order valence-electron chi connectivity index (χ2n) is 3.92. The van der Waals surface area contributed by atoms with E-state index in [2.05, 4.69) is 0 Å². The lowest BCUT2D eigenvalue weighted by Gasteiger charge is -2.08. The lowest BCUT2D eigenvalue weighted by molar-refractivity contribution is -0.384. The van der Waals surface area contributed by atoms with Gasteiger partial charge < -0.3 is 9.84 Å². The number of nitrogens with zero attached hydrogens (tertiary/aromatic N) is 1. The summed E-state index contributed by atoms with van der Waals surface area (Å²) in [5.41, 5.74) is -0.217. The van der Waals surface area contributed by atoms with E-state index >= 15 is 0 Å². The van der Waals surface area contributed by atoms with E-state index in [-0.39, 0.29) is 32.8 Å². The standard InChI is InChI=1S/C13H7Cl2NO5/c14-9-6-8(2-3-11(9)16(19)20)21-12-4-1-7(13(17)18)5-10(12)15/h1-6H,(H,17,18). The van der Waals surface area contributed by atoms with Crippen LogP contribution in [0.25, 0.3) is 0 Å². The van der Waals surface area contributed by atoms with E-state index in [4.69, 9.17) is 33.0 Å². The summed E-state index contributed by atoms with van der Waals surface area (Å²) in [5, 5.41) is 19.5. The second-order valence-corrected chi connectivity index (χ2v) is 4.74. The molecule has 0 aromatic heterocycles. The fourth-order valence-electron chi connectivity index (χ4n) is 1.54. The van der Waals surface area contributed by atoms with Crippen LogP contribution in [0.2, 0.25) is 10.0 Å². The molecule has 1 N–H and O–H groups in total. The third kappa shape index (κ3) is 3.42. The minimum atomic E-state index is -1.11. The van der Waals surface area contributed by atoms with Crippen molar-refractivity contribution in [2.75, 3.05) is 0 Å². The van der Waals surface area contributed by atoms with Crippen LogP contribution in [-0.4, -0.2) is 16.0 Å². The van der Waals surface area contributed by atoms with Crippen LogP contribution < -0.4 is 4.74 Å². The van der Waals surface area contributed by atoms with Gasteiger partial charge in [0.2, 0.25) is 0 Å². The maximum absolute atomic E-state index is 10.8. The molecule has 0 radical (unpaired) electrons. The molecule has 0 aliphatic heterocycles. The predicted molar refractivity (Wildman–Crippen MR) is 76.6 cm³/mol. The van der Waals surface area contributed by atoms with Gasteiger partial charge in [0.15, 0.2) is 0 Å². The van der Waals surface area contributed by atoms with E-state index in [1.54, 1.807) is 0 Å². The van der Waals surface area contributed by atoms with Gasteiger partial charge in [0.25, 0.3) is 5.69 Å². The Labute approximate surface area is 128 Å². The Morgan fingerprint density at radius 3 is 2.38 bits per heavy atom. The lowest BCUT2D eigenvalue weighted by atomic mass is 10.2. The van der Waals surface area contributed by atoms with E-state index < -0.39 is 10.9 Å². The van der Waals surface area contributed by atoms with Gasteiger partial charge in [-0.3, -0.25) is 10.1 Å². The number of ether oxygens (including phenoxy) is 1. The van der Waals surface area contributed by atoms with Crippen LogP contribution in [0.15, 0.2) is 36.4 Å². The Balaban J connectivity index is 2.28. The predicted octanol–water partition coefficient (Wildman–Crippen LogP) is 4.39. The van der Waals surface area contributed by atoms with Crippen LogP contribution in [0.4, 0.5) is 5.69 Å². The minimum absolute atomic E-state index is 0.0223. The van der Waals surface area contributed by atoms with E-state index in [1.165, 1.54) is 36.4 Å². The summed E-state index contributed by atoms with van der Waals surface area (Å²) in [7, 11) is 0. The van der Waals surface area contributed by atoms with Crippen LogP contribution in [0.3, 0.4) is 0 Å². The van der Waals surface area contributed by atoms with E-state index in [9.17, 15) is 14.9 Å². The highest BCUT2D eigenvalue weighted by atomic mass is 35.5. The fraction of sp³-hybridized carbons (Fsp3) is 0. The molecule has 0 aliphatic rings. The van der Waals surface area contributed by atoms with E-state index in [0.29, 0.717) is 0 Å². The van der Waals surface area contributed by atoms with Crippen molar-refractivity contribution < 1.29 is 19.6 Å². The molecule has 8 heteroatoms. The van der Waals surface area contributed by atoms with E-state index in [1.807, 2.05) is 0 Å². The smallest absolute Gasteiger partial charge is 0.335 e. The first-order chi connectivity index (χ1) is 9.88. The first-order valence-electron chi connectivity index (χ1n) is 5.53. The molecule has 0 atom stereocenters. The maximum Gasteiger partial charge on any atom is 0.335 e. The van der Waals surface area contributed by atoms with Gasteiger partial charge in [-0.2, -0.15) is 0 Å². The quantitative estimate of drug-likeness (QED) is 0.664. The molecule has 6 nitrogen and oxygen atoms in total. The van der Waals surface area contributed by atoms with Gasteiger partial charge in [0.1, 0.15) is 16.5 Å². The Morgan fingerprint density at radius 1 is 1.14 bits per heavy atom. The zero-order valence-electron chi connectivity index (χ0n) is 10.2. The highest BCUT2D eigenvalue weighted by Gasteiger charge is 2.14. The average molecular weight is 328 g/mol. The first kappa shape index (κ1) is 15.1. The number of carboxylic acid groups (broad SMARTS) is 1. The number of hydrogen-bond acceptors (Lipinski definition) is 4. The molecule has 0 heterocycles. The molecule has 0 saturated heterocycles. The van der Waals surface area contributed by atoms with Crippen molar-refractivity contribution in [2.24, 2.45) is 0 Å². The lowest BCUT2D eigenvalue weighted by Crippen LogP contribution is -1.96. The number of benzene rings is 2. The van der Waals surface area contributed by atoms with Crippen molar-refractivity contribution in [1.82, 2.24) is 0 Å². The topological polar surface area (TPSA) is 89.7 Å². The molecule has 0 bridgehead atoms. The first-order valence-corrected chi connectivity index (χ1v) is 6.28. The molecular weight excluding hydrogens is 321 g/mol. The number of halogens is 2. The van der Waals surface area contributed by atoms with Crippen molar-refractivity contribution in [3.05, 3.63) is 62.1 Å². The van der Waals surface area contributed by atoms with Crippen molar-refractivity contribution >= 4 is 34.9 Å². The third-order valence-corrected chi connectivity index (χ3v) is 3.12. The van der Waals surface area contributed by atoms with Gasteiger partial charge in [-0.25, -0.2) is 4.79 Å². The largest absolute Gasteiger partial charge is 0.478 e. The second kappa shape index (κ2) is 5.99. The Bertz CT molecular complexity index is 732. The molecule has 21 heavy (non-hydrogen) atoms. The SMILES string of the molecule is O=C(O)c1ccc(Oc2ccc([N+](=O)[O-])c(Cl)c2)c(Cl)c1. The third-order valence-electron chi connectivity index (χ3n) is 2.52. The number of hydrogen-bond donors (Lipinski definition) is 1. The van der Waals surface area contributed by atoms with Gasteiger partial charge in [0.05, 0.1) is 15.5 Å². The zero-order chi connectivity index (χ0) is 15.6. The molecular formula is C13H7Cl2NO5. The van der Waals surface area contributed by atoms with Crippen LogP contribution in [-0.2, 0) is 0 Å². The van der Waals surface area contributed by atoms with E-state index in [0.717, 1.165) is 0 Å². The van der Waals surface area contributed by atoms with Crippen LogP contribution >= 0.6 is 23.2 Å². The monoisotopic (exact) mass is 327 g/mol. The van der Waals surface area contributed by atoms with Crippen molar-refractivity contribution in [2.45, 2.75) is 0 Å². The van der Waals surface area contributed by atoms with Crippen LogP contribution in [0.1, 0.15) is 10.4 Å². The number of nitro benzene ring substituents is 1. The Hall–Kier alpha value is -2.31. The highest BCUT2D eigenvalue weighted by Crippen LogP contribution is 2.34. The van der Waals surface area contributed by atoms with Gasteiger partial charge in [-0.05, 0) is 24.3 Å². The van der Waals surface area contributed by atoms with Crippen molar-refractivity contribution in [3.8, 4) is 11.5 Å². The van der Waals surface area contributed by atoms with Gasteiger partial charge >= 0.3 is 5.97 Å². The molecule has 2 aromatic carbocycles. The number of nitro groups is 1. The minimum Gasteiger partial charge on any atom is -0.478 e. The Morgan fingerprint density at radius 2 is 1.86 bits per heavy atom. The molecule has 0 saturated carbocycles. The van der Waals surface area contributed by atoms with Gasteiger partial charge in [-0.15, -0.1) is 0 Å². The molecule has 0 spiro atoms. The molecule has 0 fully saturated rings. The van der Waals surface area contributed by atoms with Gasteiger partial charge in [-0.1, -0.05) is 23.2 Å². The van der Waals surface area contributed by atoms with Crippen LogP contribution in [0, 0.1) is 10.1 Å². The number of rotatable bonds is 4. The molecule has 2 aromatic rings. The number of carboxylic acids is 1. The van der Waals surface area contributed by atoms with Gasteiger partial charge in [0, 0.05) is 12.1 Å². The number of carbonyl (C=O) groups is 1. The number of aromatic carboxylic acids is 1. The Kier molecular flexibility index (Phi) is 4.30. The van der Waals surface area contributed by atoms with Crippen LogP contribution in [0.5, 0.6) is 11.5 Å². The summed E-state index contributed by atoms with van der Waals surface area (Å²) in [4.78, 5) is 20.8. The summed E-state index contributed by atoms with van der Waals surface area (Å²) >= 11 is 11.7. The highest BCUT2D eigenvalue weighted by molar-refractivity contribution is 6.33. The van der Waals surface area contributed by atoms with Crippen molar-refractivity contribution in [3.63, 3.8) is 0 Å². The molecule has 0 amide bonds. The molecule has 0 aliphatic carbocycles. The van der Waals surface area contributed by atoms with Crippen molar-refractivity contribution in [1.29, 1.82) is 0 Å². The summed E-state index contributed by atoms with van der Waals surface area (Å²) in [6.07, 6.45) is 0. The summed E-state index contributed by atoms with van der Waals surface area (Å²) in [6, 6.07) is 7.81. The zero-order valence-corrected chi connectivity index (χ0v) is 11.8. The maximum atomic E-state index is 10.8. The average Bonchev–Trinajstić information content (AvgIpc) is 2.40. The summed E-state index contributed by atoms with van der Waals surface area (Å²) in [6.45, 7) is 0. The molecule has 0 unspecified atom stereocenters. The molecule has 108 valence electrons. The summed E-state index contributed by atoms with van der Waals surface area (Å²) < 4.78 is 5.43.